The van der Waals surface area contributed by atoms with Gasteiger partial charge in [-0.2, -0.15) is 4.98 Å². The third kappa shape index (κ3) is 3.30. The second kappa shape index (κ2) is 6.85. The summed E-state index contributed by atoms with van der Waals surface area (Å²) in [5.41, 5.74) is 1.24. The third-order valence-corrected chi connectivity index (χ3v) is 5.51. The number of amides is 1. The Morgan fingerprint density at radius 2 is 2.00 bits per heavy atom. The lowest BCUT2D eigenvalue weighted by molar-refractivity contribution is 0.0692. The number of hydrogen-bond donors (Lipinski definition) is 0. The Morgan fingerprint density at radius 1 is 1.18 bits per heavy atom. The van der Waals surface area contributed by atoms with Crippen molar-refractivity contribution in [2.75, 3.05) is 13.1 Å². The lowest BCUT2D eigenvalue weighted by Crippen LogP contribution is -2.38. The second-order valence-electron chi connectivity index (χ2n) is 7.78. The van der Waals surface area contributed by atoms with Gasteiger partial charge in [0.1, 0.15) is 17.8 Å². The molecule has 0 atom stereocenters. The fourth-order valence-corrected chi connectivity index (χ4v) is 3.48. The van der Waals surface area contributed by atoms with Crippen LogP contribution in [0.25, 0.3) is 17.3 Å². The van der Waals surface area contributed by atoms with Gasteiger partial charge in [0, 0.05) is 37.0 Å². The molecule has 1 amide bonds. The summed E-state index contributed by atoms with van der Waals surface area (Å²) in [5.74, 6) is 3.02. The SMILES string of the molecule is CC1CCN(C(=O)c2cn(-c3cc(-c4nc(C5CC5)no4)ccn3)cn2)CC1. The second-order valence-corrected chi connectivity index (χ2v) is 7.78. The summed E-state index contributed by atoms with van der Waals surface area (Å²) < 4.78 is 7.15. The number of pyridine rings is 1. The van der Waals surface area contributed by atoms with Crippen molar-refractivity contribution in [3.63, 3.8) is 0 Å². The van der Waals surface area contributed by atoms with Crippen molar-refractivity contribution >= 4 is 5.91 Å². The Bertz CT molecular complexity index is 998. The average molecular weight is 378 g/mol. The zero-order valence-corrected chi connectivity index (χ0v) is 15.8. The summed E-state index contributed by atoms with van der Waals surface area (Å²) >= 11 is 0. The highest BCUT2D eigenvalue weighted by Crippen LogP contribution is 2.38. The molecule has 5 rings (SSSR count). The van der Waals surface area contributed by atoms with Gasteiger partial charge in [0.2, 0.25) is 0 Å². The van der Waals surface area contributed by atoms with Crippen molar-refractivity contribution in [3.05, 3.63) is 42.4 Å². The fourth-order valence-electron chi connectivity index (χ4n) is 3.48. The number of hydrogen-bond acceptors (Lipinski definition) is 6. The third-order valence-electron chi connectivity index (χ3n) is 5.51. The number of carbonyl (C=O) groups is 1. The predicted octanol–water partition coefficient (Wildman–Crippen LogP) is 3.07. The summed E-state index contributed by atoms with van der Waals surface area (Å²) in [6.07, 6.45) is 9.39. The number of rotatable bonds is 4. The van der Waals surface area contributed by atoms with E-state index in [1.54, 1.807) is 23.3 Å². The minimum Gasteiger partial charge on any atom is -0.337 e. The molecular formula is C20H22N6O2. The van der Waals surface area contributed by atoms with E-state index < -0.39 is 0 Å². The molecule has 3 aromatic heterocycles. The molecule has 0 bridgehead atoms. The molecule has 8 nitrogen and oxygen atoms in total. The molecule has 1 saturated carbocycles. The van der Waals surface area contributed by atoms with E-state index >= 15 is 0 Å². The highest BCUT2D eigenvalue weighted by Gasteiger charge is 2.29. The van der Waals surface area contributed by atoms with Crippen LogP contribution in [0, 0.1) is 5.92 Å². The van der Waals surface area contributed by atoms with Crippen molar-refractivity contribution in [2.24, 2.45) is 5.92 Å². The molecule has 144 valence electrons. The summed E-state index contributed by atoms with van der Waals surface area (Å²) in [6, 6.07) is 3.70. The minimum absolute atomic E-state index is 0.0206. The van der Waals surface area contributed by atoms with Gasteiger partial charge < -0.3 is 9.42 Å². The standard InChI is InChI=1S/C20H22N6O2/c1-13-5-8-25(9-6-13)20(27)16-11-26(12-22-16)17-10-15(4-7-21-17)19-23-18(24-28-19)14-2-3-14/h4,7,10-14H,2-3,5-6,8-9H2,1H3. The average Bonchev–Trinajstić information content (AvgIpc) is 3.26. The van der Waals surface area contributed by atoms with Crippen molar-refractivity contribution < 1.29 is 9.32 Å². The van der Waals surface area contributed by atoms with E-state index in [0.29, 0.717) is 29.2 Å². The number of imidazole rings is 1. The van der Waals surface area contributed by atoms with Crippen molar-refractivity contribution in [2.45, 2.75) is 38.5 Å². The molecule has 1 aliphatic heterocycles. The summed E-state index contributed by atoms with van der Waals surface area (Å²) in [7, 11) is 0. The predicted molar refractivity (Wildman–Crippen MR) is 101 cm³/mol. The summed E-state index contributed by atoms with van der Waals surface area (Å²) in [6.45, 7) is 3.81. The molecule has 0 spiro atoms. The highest BCUT2D eigenvalue weighted by atomic mass is 16.5. The molecule has 1 aliphatic carbocycles. The van der Waals surface area contributed by atoms with Crippen LogP contribution in [0.1, 0.15) is 54.8 Å². The lowest BCUT2D eigenvalue weighted by atomic mass is 9.99. The van der Waals surface area contributed by atoms with Gasteiger partial charge in [-0.3, -0.25) is 9.36 Å². The molecule has 28 heavy (non-hydrogen) atoms. The number of likely N-dealkylation sites (tertiary alicyclic amines) is 1. The first-order valence-corrected chi connectivity index (χ1v) is 9.81. The zero-order chi connectivity index (χ0) is 19.1. The maximum Gasteiger partial charge on any atom is 0.274 e. The van der Waals surface area contributed by atoms with Crippen molar-refractivity contribution in [1.29, 1.82) is 0 Å². The van der Waals surface area contributed by atoms with Gasteiger partial charge >= 0.3 is 0 Å². The molecule has 0 aromatic carbocycles. The Balaban J connectivity index is 1.36. The lowest BCUT2D eigenvalue weighted by Gasteiger charge is -2.29. The fraction of sp³-hybridized carbons (Fsp3) is 0.450. The van der Waals surface area contributed by atoms with E-state index in [1.165, 1.54) is 0 Å². The van der Waals surface area contributed by atoms with Crippen LogP contribution in [0.3, 0.4) is 0 Å². The molecule has 1 saturated heterocycles. The van der Waals surface area contributed by atoms with Crippen LogP contribution in [-0.4, -0.2) is 48.6 Å². The molecule has 2 aliphatic rings. The molecular weight excluding hydrogens is 356 g/mol. The van der Waals surface area contributed by atoms with Crippen molar-refractivity contribution in [3.8, 4) is 17.3 Å². The Morgan fingerprint density at radius 3 is 2.79 bits per heavy atom. The first kappa shape index (κ1) is 17.1. The first-order chi connectivity index (χ1) is 13.7. The van der Waals surface area contributed by atoms with E-state index in [9.17, 15) is 4.79 Å². The van der Waals surface area contributed by atoms with Crippen LogP contribution < -0.4 is 0 Å². The van der Waals surface area contributed by atoms with E-state index in [4.69, 9.17) is 4.52 Å². The molecule has 0 unspecified atom stereocenters. The number of aromatic nitrogens is 5. The van der Waals surface area contributed by atoms with Crippen LogP contribution in [0.2, 0.25) is 0 Å². The molecule has 4 heterocycles. The van der Waals surface area contributed by atoms with Crippen LogP contribution >= 0.6 is 0 Å². The van der Waals surface area contributed by atoms with Gasteiger partial charge in [-0.05, 0) is 43.7 Å². The highest BCUT2D eigenvalue weighted by molar-refractivity contribution is 5.92. The largest absolute Gasteiger partial charge is 0.337 e. The molecule has 2 fully saturated rings. The summed E-state index contributed by atoms with van der Waals surface area (Å²) in [5, 5.41) is 4.07. The van der Waals surface area contributed by atoms with Crippen LogP contribution in [0.5, 0.6) is 0 Å². The Hall–Kier alpha value is -3.03. The van der Waals surface area contributed by atoms with Gasteiger partial charge in [-0.1, -0.05) is 12.1 Å². The Kier molecular flexibility index (Phi) is 4.18. The van der Waals surface area contributed by atoms with Crippen LogP contribution in [0.4, 0.5) is 0 Å². The monoisotopic (exact) mass is 378 g/mol. The van der Waals surface area contributed by atoms with E-state index in [0.717, 1.165) is 50.2 Å². The van der Waals surface area contributed by atoms with Crippen LogP contribution in [-0.2, 0) is 0 Å². The van der Waals surface area contributed by atoms with Gasteiger partial charge in [-0.15, -0.1) is 0 Å². The van der Waals surface area contributed by atoms with E-state index in [-0.39, 0.29) is 5.91 Å². The maximum absolute atomic E-state index is 12.7. The van der Waals surface area contributed by atoms with Gasteiger partial charge in [0.25, 0.3) is 11.8 Å². The normalized spacial score (nSPS) is 17.8. The van der Waals surface area contributed by atoms with Crippen LogP contribution in [0.15, 0.2) is 35.4 Å². The van der Waals surface area contributed by atoms with E-state index in [2.05, 4.69) is 27.0 Å². The first-order valence-electron chi connectivity index (χ1n) is 9.81. The smallest absolute Gasteiger partial charge is 0.274 e. The number of nitrogens with zero attached hydrogens (tertiary/aromatic N) is 6. The topological polar surface area (TPSA) is 89.9 Å². The van der Waals surface area contributed by atoms with Gasteiger partial charge in [0.15, 0.2) is 5.82 Å². The Labute approximate surface area is 162 Å². The van der Waals surface area contributed by atoms with E-state index in [1.807, 2.05) is 17.0 Å². The van der Waals surface area contributed by atoms with Crippen molar-refractivity contribution in [1.82, 2.24) is 29.6 Å². The number of carbonyl (C=O) groups excluding carboxylic acids is 1. The molecule has 0 radical (unpaired) electrons. The zero-order valence-electron chi connectivity index (χ0n) is 15.8. The molecule has 3 aromatic rings. The quantitative estimate of drug-likeness (QED) is 0.693. The maximum atomic E-state index is 12.7. The molecule has 8 heteroatoms. The summed E-state index contributed by atoms with van der Waals surface area (Å²) in [4.78, 5) is 27.8. The molecule has 0 N–H and O–H groups in total. The van der Waals surface area contributed by atoms with Gasteiger partial charge in [0.05, 0.1) is 0 Å². The minimum atomic E-state index is -0.0206. The number of piperidine rings is 1. The van der Waals surface area contributed by atoms with Gasteiger partial charge in [-0.25, -0.2) is 9.97 Å².